The van der Waals surface area contributed by atoms with Gasteiger partial charge in [-0.25, -0.2) is 0 Å². The van der Waals surface area contributed by atoms with E-state index in [1.807, 2.05) is 13.8 Å². The van der Waals surface area contributed by atoms with E-state index in [9.17, 15) is 0 Å². The molecule has 6 aromatic carbocycles. The van der Waals surface area contributed by atoms with Crippen molar-refractivity contribution in [2.24, 2.45) is 0 Å². The first-order chi connectivity index (χ1) is 29.6. The van der Waals surface area contributed by atoms with Crippen LogP contribution in [0.25, 0.3) is 66.4 Å². The molecule has 318 valence electrons. The Hall–Kier alpha value is -3.66. The molecule has 0 spiro atoms. The van der Waals surface area contributed by atoms with E-state index in [2.05, 4.69) is 166 Å². The van der Waals surface area contributed by atoms with Crippen LogP contribution in [0.2, 0.25) is 13.1 Å². The third-order valence-corrected chi connectivity index (χ3v) is 13.4. The van der Waals surface area contributed by atoms with Gasteiger partial charge in [-0.3, -0.25) is 0 Å². The maximum atomic E-state index is 6.05. The van der Waals surface area contributed by atoms with Crippen LogP contribution in [0.3, 0.4) is 0 Å². The Morgan fingerprint density at radius 1 is 0.565 bits per heavy atom. The molecule has 0 atom stereocenters. The standard InChI is InChI=1S/2C27H27O.C2H6Si.2ClH.Zr/c2*1-16-11-12-22(28-16)23-17(2)21-15-20-13-14-27(4,5)26(20)25(24(21)18(23)3)19-9-7-6-8-10-19;1-3-2;;;/h2*6-12,15H,13-14H2,1-5H3;1-2H3;2*1H;/q2*-1;;;;+4/p-2. The Morgan fingerprint density at radius 3 is 1.21 bits per heavy atom. The van der Waals surface area contributed by atoms with Crippen LogP contribution < -0.4 is 0 Å². The molecule has 2 nitrogen and oxygen atoms in total. The van der Waals surface area contributed by atoms with Crippen LogP contribution in [-0.4, -0.2) is 9.52 Å². The van der Waals surface area contributed by atoms with Crippen molar-refractivity contribution in [1.29, 1.82) is 0 Å². The fourth-order valence-corrected chi connectivity index (χ4v) is 10.7. The molecule has 0 bridgehead atoms. The van der Waals surface area contributed by atoms with E-state index in [4.69, 9.17) is 25.9 Å². The first-order valence-electron chi connectivity index (χ1n) is 21.9. The van der Waals surface area contributed by atoms with E-state index >= 15 is 0 Å². The molecule has 0 fully saturated rings. The molecule has 2 aromatic heterocycles. The maximum absolute atomic E-state index is 6.05. The average Bonchev–Trinajstić information content (AvgIpc) is 4.09. The molecule has 0 N–H and O–H groups in total. The molecule has 6 heteroatoms. The van der Waals surface area contributed by atoms with Crippen molar-refractivity contribution in [3.63, 3.8) is 0 Å². The summed E-state index contributed by atoms with van der Waals surface area (Å²) in [5.74, 6) is 3.90. The molecule has 2 radical (unpaired) electrons. The van der Waals surface area contributed by atoms with E-state index in [-0.39, 0.29) is 10.8 Å². The van der Waals surface area contributed by atoms with Crippen molar-refractivity contribution < 1.29 is 29.7 Å². The van der Waals surface area contributed by atoms with Crippen molar-refractivity contribution in [2.75, 3.05) is 0 Å². The predicted octanol–water partition coefficient (Wildman–Crippen LogP) is 17.4. The predicted molar refractivity (Wildman–Crippen MR) is 266 cm³/mol. The van der Waals surface area contributed by atoms with Crippen LogP contribution in [0, 0.1) is 41.5 Å². The minimum atomic E-state index is -0.826. The van der Waals surface area contributed by atoms with Crippen LogP contribution >= 0.6 is 17.0 Å². The first kappa shape index (κ1) is 46.3. The Bertz CT molecular complexity index is 2650. The number of aryl methyl sites for hydroxylation is 8. The van der Waals surface area contributed by atoms with Crippen LogP contribution in [0.1, 0.15) is 96.6 Å². The molecular weight excluding hydrogens is 895 g/mol. The van der Waals surface area contributed by atoms with Gasteiger partial charge in [0.05, 0.1) is 23.0 Å². The summed E-state index contributed by atoms with van der Waals surface area (Å²) in [4.78, 5) is 0. The van der Waals surface area contributed by atoms with E-state index < -0.39 is 20.8 Å². The fourth-order valence-electron chi connectivity index (χ4n) is 10.7. The van der Waals surface area contributed by atoms with Gasteiger partial charge in [-0.2, -0.15) is 0 Å². The molecule has 0 amide bonds. The summed E-state index contributed by atoms with van der Waals surface area (Å²) in [7, 11) is 11.0. The third-order valence-electron chi connectivity index (χ3n) is 13.4. The summed E-state index contributed by atoms with van der Waals surface area (Å²) in [5.41, 5.74) is 19.9. The first-order valence-corrected chi connectivity index (χ1v) is 30.2. The third kappa shape index (κ3) is 8.52. The zero-order valence-corrected chi connectivity index (χ0v) is 43.6. The number of halogens is 2. The van der Waals surface area contributed by atoms with E-state index in [1.54, 1.807) is 11.1 Å². The minimum absolute atomic E-state index is 0.202. The van der Waals surface area contributed by atoms with Gasteiger partial charge in [0.2, 0.25) is 0 Å². The quantitative estimate of drug-likeness (QED) is 0.130. The summed E-state index contributed by atoms with van der Waals surface area (Å²) in [6.45, 7) is 27.0. The Balaban J connectivity index is 0.000000166. The topological polar surface area (TPSA) is 26.3 Å². The molecule has 2 aliphatic carbocycles. The molecule has 2 aliphatic rings. The van der Waals surface area contributed by atoms with Gasteiger partial charge in [0.1, 0.15) is 0 Å². The monoisotopic (exact) mass is 952 g/mol. The Labute approximate surface area is 391 Å². The second kappa shape index (κ2) is 18.8. The summed E-state index contributed by atoms with van der Waals surface area (Å²) in [6, 6.07) is 35.2. The number of fused-ring (bicyclic) bond motifs is 4. The molecule has 10 rings (SSSR count). The van der Waals surface area contributed by atoms with Gasteiger partial charge in [0, 0.05) is 9.52 Å². The summed E-state index contributed by atoms with van der Waals surface area (Å²) in [5, 5.41) is 5.58. The van der Waals surface area contributed by atoms with Crippen molar-refractivity contribution in [3.05, 3.63) is 153 Å². The number of hydrogen-bond donors (Lipinski definition) is 0. The molecule has 0 aliphatic heterocycles. The van der Waals surface area contributed by atoms with Crippen LogP contribution in [0.4, 0.5) is 0 Å². The van der Waals surface area contributed by atoms with Gasteiger partial charge in [0.25, 0.3) is 0 Å². The van der Waals surface area contributed by atoms with Crippen molar-refractivity contribution in [3.8, 4) is 44.9 Å². The molecule has 0 unspecified atom stereocenters. The number of rotatable bonds is 4. The van der Waals surface area contributed by atoms with E-state index in [1.165, 1.54) is 101 Å². The van der Waals surface area contributed by atoms with Gasteiger partial charge < -0.3 is 8.83 Å². The van der Waals surface area contributed by atoms with E-state index in [0.29, 0.717) is 0 Å². The summed E-state index contributed by atoms with van der Waals surface area (Å²) in [6.07, 6.45) is 4.77. The Kier molecular flexibility index (Phi) is 14.1. The van der Waals surface area contributed by atoms with Gasteiger partial charge >= 0.3 is 37.9 Å². The van der Waals surface area contributed by atoms with Gasteiger partial charge in [-0.1, -0.05) is 151 Å². The van der Waals surface area contributed by atoms with Crippen molar-refractivity contribution >= 4 is 48.1 Å². The zero-order valence-electron chi connectivity index (χ0n) is 38.6. The van der Waals surface area contributed by atoms with Crippen LogP contribution in [0.15, 0.2) is 106 Å². The molecule has 0 saturated heterocycles. The Morgan fingerprint density at radius 2 is 0.903 bits per heavy atom. The van der Waals surface area contributed by atoms with Crippen molar-refractivity contribution in [2.45, 2.75) is 119 Å². The second-order valence-corrected chi connectivity index (χ2v) is 23.3. The van der Waals surface area contributed by atoms with Gasteiger partial charge in [-0.15, -0.1) is 55.9 Å². The summed E-state index contributed by atoms with van der Waals surface area (Å²) < 4.78 is 12.1. The molecule has 0 saturated carbocycles. The second-order valence-electron chi connectivity index (χ2n) is 18.6. The number of furan rings is 2. The van der Waals surface area contributed by atoms with E-state index in [0.717, 1.165) is 45.4 Å². The van der Waals surface area contributed by atoms with Crippen LogP contribution in [-0.2, 0) is 44.5 Å². The van der Waals surface area contributed by atoms with Crippen molar-refractivity contribution in [1.82, 2.24) is 0 Å². The fraction of sp³-hybridized carbons (Fsp3) is 0.321. The summed E-state index contributed by atoms with van der Waals surface area (Å²) >= 11 is -0.826. The SMILES string of the molecule is C[Si]C.Cc1ccc(-c2c(C)c3c(-c4ccccc4)c4c(cc3[c-]2C)CCC4(C)C)o1.Cc1ccc(-c2c(C)c3c(-c4ccccc4)c4c(cc3[c-]2C)CCC4(C)C)o1.[Cl][Zr+2][Cl]. The molecule has 2 heterocycles. The van der Waals surface area contributed by atoms with Gasteiger partial charge in [0.15, 0.2) is 0 Å². The number of benzene rings is 4. The molecular formula is C56H60Cl2O2SiZr. The van der Waals surface area contributed by atoms with Gasteiger partial charge in [-0.05, 0) is 108 Å². The normalized spacial score (nSPS) is 14.3. The zero-order chi connectivity index (χ0) is 44.7. The molecule has 8 aromatic rings. The average molecular weight is 955 g/mol. The molecule has 62 heavy (non-hydrogen) atoms. The van der Waals surface area contributed by atoms with Crippen LogP contribution in [0.5, 0.6) is 0 Å². The number of hydrogen-bond acceptors (Lipinski definition) is 2.